The number of piperidine rings is 1. The Hall–Kier alpha value is -1.07. The summed E-state index contributed by atoms with van der Waals surface area (Å²) in [5, 5.41) is 9.08. The molecule has 0 bridgehead atoms. The minimum atomic E-state index is -0.762. The topological polar surface area (TPSA) is 66.6 Å². The van der Waals surface area contributed by atoms with E-state index >= 15 is 0 Å². The fraction of sp³-hybridized carbons (Fsp3) is 0.417. The fourth-order valence-corrected chi connectivity index (χ4v) is 2.44. The third-order valence-electron chi connectivity index (χ3n) is 3.02. The van der Waals surface area contributed by atoms with E-state index in [1.54, 1.807) is 0 Å². The smallest absolute Gasteiger partial charge is 0.308 e. The van der Waals surface area contributed by atoms with Crippen LogP contribution in [0.3, 0.4) is 0 Å². The minimum absolute atomic E-state index is 0.0755. The van der Waals surface area contributed by atoms with Crippen LogP contribution in [0.4, 0.5) is 5.69 Å². The molecule has 0 radical (unpaired) electrons. The highest BCUT2D eigenvalue weighted by molar-refractivity contribution is 9.10. The number of carbonyl (C=O) groups is 1. The average Bonchev–Trinajstić information content (AvgIpc) is 2.29. The molecule has 2 unspecified atom stereocenters. The van der Waals surface area contributed by atoms with E-state index in [1.807, 2.05) is 29.2 Å². The van der Waals surface area contributed by atoms with Gasteiger partial charge in [0.25, 0.3) is 0 Å². The van der Waals surface area contributed by atoms with Gasteiger partial charge in [0.1, 0.15) is 0 Å². The van der Waals surface area contributed by atoms with Crippen LogP contribution >= 0.6 is 15.9 Å². The molecular formula is C12H15BrN2O2. The lowest BCUT2D eigenvalue weighted by atomic mass is 9.94. The van der Waals surface area contributed by atoms with E-state index in [9.17, 15) is 4.79 Å². The molecule has 3 N–H and O–H groups in total. The van der Waals surface area contributed by atoms with Crippen molar-refractivity contribution < 1.29 is 9.90 Å². The van der Waals surface area contributed by atoms with Crippen LogP contribution in [-0.4, -0.2) is 30.2 Å². The largest absolute Gasteiger partial charge is 0.481 e. The number of rotatable bonds is 2. The summed E-state index contributed by atoms with van der Waals surface area (Å²) in [7, 11) is 0. The highest BCUT2D eigenvalue weighted by Gasteiger charge is 2.29. The fourth-order valence-electron chi connectivity index (χ4n) is 2.18. The number of anilines is 1. The summed E-state index contributed by atoms with van der Waals surface area (Å²) < 4.78 is 1.01. The van der Waals surface area contributed by atoms with Crippen molar-refractivity contribution in [3.8, 4) is 0 Å². The summed E-state index contributed by atoms with van der Waals surface area (Å²) in [6.45, 7) is 1.25. The molecule has 1 aromatic rings. The molecule has 0 spiro atoms. The standard InChI is InChI=1S/C12H15BrN2O2/c13-9-1-3-11(4-2-9)15-6-8(12(16)17)5-10(14)7-15/h1-4,8,10H,5-7,14H2,(H,16,17). The molecule has 2 atom stereocenters. The summed E-state index contributed by atoms with van der Waals surface area (Å²) in [6, 6.07) is 7.77. The van der Waals surface area contributed by atoms with E-state index in [-0.39, 0.29) is 12.0 Å². The van der Waals surface area contributed by atoms with E-state index < -0.39 is 5.97 Å². The molecule has 5 heteroatoms. The second-order valence-corrected chi connectivity index (χ2v) is 5.33. The molecular weight excluding hydrogens is 284 g/mol. The average molecular weight is 299 g/mol. The minimum Gasteiger partial charge on any atom is -0.481 e. The van der Waals surface area contributed by atoms with Gasteiger partial charge in [0.05, 0.1) is 5.92 Å². The summed E-state index contributed by atoms with van der Waals surface area (Å²) in [4.78, 5) is 13.1. The maximum Gasteiger partial charge on any atom is 0.308 e. The zero-order valence-corrected chi connectivity index (χ0v) is 10.9. The number of nitrogens with two attached hydrogens (primary N) is 1. The van der Waals surface area contributed by atoms with Crippen molar-refractivity contribution in [3.05, 3.63) is 28.7 Å². The van der Waals surface area contributed by atoms with Crippen molar-refractivity contribution in [1.29, 1.82) is 0 Å². The lowest BCUT2D eigenvalue weighted by Crippen LogP contribution is -2.49. The summed E-state index contributed by atoms with van der Waals surface area (Å²) in [5.74, 6) is -1.13. The molecule has 17 heavy (non-hydrogen) atoms. The molecule has 0 aliphatic carbocycles. The van der Waals surface area contributed by atoms with Gasteiger partial charge < -0.3 is 15.7 Å². The SMILES string of the molecule is NC1CC(C(=O)O)CN(c2ccc(Br)cc2)C1. The lowest BCUT2D eigenvalue weighted by molar-refractivity contribution is -0.142. The number of hydrogen-bond acceptors (Lipinski definition) is 3. The number of aliphatic carboxylic acids is 1. The molecule has 0 aromatic heterocycles. The van der Waals surface area contributed by atoms with Crippen LogP contribution in [0.5, 0.6) is 0 Å². The molecule has 1 aliphatic heterocycles. The van der Waals surface area contributed by atoms with Gasteiger partial charge in [0.15, 0.2) is 0 Å². The van der Waals surface area contributed by atoms with E-state index in [0.29, 0.717) is 19.5 Å². The maximum atomic E-state index is 11.0. The van der Waals surface area contributed by atoms with Gasteiger partial charge in [0, 0.05) is 29.3 Å². The van der Waals surface area contributed by atoms with E-state index in [4.69, 9.17) is 10.8 Å². The highest BCUT2D eigenvalue weighted by atomic mass is 79.9. The molecule has 2 rings (SSSR count). The third kappa shape index (κ3) is 2.98. The van der Waals surface area contributed by atoms with Crippen molar-refractivity contribution in [2.75, 3.05) is 18.0 Å². The first-order chi connectivity index (χ1) is 8.06. The Bertz CT molecular complexity index is 407. The predicted octanol–water partition coefficient (Wildman–Crippen LogP) is 1.69. The van der Waals surface area contributed by atoms with Gasteiger partial charge in [-0.3, -0.25) is 4.79 Å². The number of halogens is 1. The van der Waals surface area contributed by atoms with Crippen LogP contribution in [0, 0.1) is 5.92 Å². The quantitative estimate of drug-likeness (QED) is 0.872. The van der Waals surface area contributed by atoms with E-state index in [2.05, 4.69) is 15.9 Å². The maximum absolute atomic E-state index is 11.0. The molecule has 4 nitrogen and oxygen atoms in total. The Balaban J connectivity index is 2.15. The lowest BCUT2D eigenvalue weighted by Gasteiger charge is -2.36. The number of hydrogen-bond donors (Lipinski definition) is 2. The number of benzene rings is 1. The van der Waals surface area contributed by atoms with Gasteiger partial charge in [0.2, 0.25) is 0 Å². The Morgan fingerprint density at radius 1 is 1.35 bits per heavy atom. The second-order valence-electron chi connectivity index (χ2n) is 4.41. The Kier molecular flexibility index (Phi) is 3.69. The summed E-state index contributed by atoms with van der Waals surface area (Å²) in [6.07, 6.45) is 0.558. The molecule has 0 amide bonds. The number of carboxylic acid groups (broad SMARTS) is 1. The first kappa shape index (κ1) is 12.4. The van der Waals surface area contributed by atoms with E-state index in [0.717, 1.165) is 10.2 Å². The number of nitrogens with zero attached hydrogens (tertiary/aromatic N) is 1. The molecule has 92 valence electrons. The van der Waals surface area contributed by atoms with Crippen molar-refractivity contribution in [3.63, 3.8) is 0 Å². The van der Waals surface area contributed by atoms with Gasteiger partial charge in [-0.15, -0.1) is 0 Å². The van der Waals surface area contributed by atoms with Crippen LogP contribution in [0.15, 0.2) is 28.7 Å². The molecule has 1 fully saturated rings. The van der Waals surface area contributed by atoms with Gasteiger partial charge in [-0.25, -0.2) is 0 Å². The summed E-state index contributed by atoms with van der Waals surface area (Å²) >= 11 is 3.38. The first-order valence-corrected chi connectivity index (χ1v) is 6.34. The van der Waals surface area contributed by atoms with Crippen molar-refractivity contribution >= 4 is 27.6 Å². The zero-order valence-electron chi connectivity index (χ0n) is 9.34. The predicted molar refractivity (Wildman–Crippen MR) is 70.1 cm³/mol. The van der Waals surface area contributed by atoms with Gasteiger partial charge in [-0.1, -0.05) is 15.9 Å². The van der Waals surface area contributed by atoms with Crippen LogP contribution in [0.1, 0.15) is 6.42 Å². The van der Waals surface area contributed by atoms with Gasteiger partial charge >= 0.3 is 5.97 Å². The second kappa shape index (κ2) is 5.06. The normalized spacial score (nSPS) is 24.7. The summed E-state index contributed by atoms with van der Waals surface area (Å²) in [5.41, 5.74) is 6.93. The Labute approximate surface area is 109 Å². The molecule has 1 aromatic carbocycles. The van der Waals surface area contributed by atoms with Crippen molar-refractivity contribution in [1.82, 2.24) is 0 Å². The molecule has 1 aliphatic rings. The highest BCUT2D eigenvalue weighted by Crippen LogP contribution is 2.24. The molecule has 1 saturated heterocycles. The van der Waals surface area contributed by atoms with Crippen molar-refractivity contribution in [2.24, 2.45) is 11.7 Å². The first-order valence-electron chi connectivity index (χ1n) is 5.55. The Morgan fingerprint density at radius 2 is 2.00 bits per heavy atom. The van der Waals surface area contributed by atoms with E-state index in [1.165, 1.54) is 0 Å². The molecule has 0 saturated carbocycles. The third-order valence-corrected chi connectivity index (χ3v) is 3.55. The van der Waals surface area contributed by atoms with Crippen molar-refractivity contribution in [2.45, 2.75) is 12.5 Å². The Morgan fingerprint density at radius 3 is 2.59 bits per heavy atom. The zero-order chi connectivity index (χ0) is 12.4. The monoisotopic (exact) mass is 298 g/mol. The van der Waals surface area contributed by atoms with Gasteiger partial charge in [-0.2, -0.15) is 0 Å². The molecule has 1 heterocycles. The van der Waals surface area contributed by atoms with Crippen LogP contribution in [-0.2, 0) is 4.79 Å². The van der Waals surface area contributed by atoms with Gasteiger partial charge in [-0.05, 0) is 30.7 Å². The van der Waals surface area contributed by atoms with Crippen LogP contribution in [0.2, 0.25) is 0 Å². The van der Waals surface area contributed by atoms with Crippen LogP contribution in [0.25, 0.3) is 0 Å². The number of carboxylic acids is 1. The van der Waals surface area contributed by atoms with Crippen LogP contribution < -0.4 is 10.6 Å².